The third-order valence-electron chi connectivity index (χ3n) is 6.49. The van der Waals surface area contributed by atoms with Crippen molar-refractivity contribution >= 4 is 35.6 Å². The van der Waals surface area contributed by atoms with Crippen molar-refractivity contribution in [3.63, 3.8) is 0 Å². The van der Waals surface area contributed by atoms with Crippen LogP contribution >= 0.6 is 0 Å². The lowest BCUT2D eigenvalue weighted by atomic mass is 10.0. The van der Waals surface area contributed by atoms with E-state index in [1.165, 1.54) is 38.5 Å². The number of carboxylic acid groups (broad SMARTS) is 2. The maximum absolute atomic E-state index is 12.5. The molecule has 0 atom stereocenters. The number of unbranched alkanes of at least 4 members (excludes halogenated alkanes) is 13. The molecular formula is C27H44N2O9. The van der Waals surface area contributed by atoms with Gasteiger partial charge in [0.15, 0.2) is 0 Å². The monoisotopic (exact) mass is 540 g/mol. The van der Waals surface area contributed by atoms with Crippen LogP contribution < -0.4 is 0 Å². The smallest absolute Gasteiger partial charge is 0.334 e. The second-order valence-corrected chi connectivity index (χ2v) is 9.85. The highest BCUT2D eigenvalue weighted by atomic mass is 16.7. The lowest BCUT2D eigenvalue weighted by Gasteiger charge is -2.21. The molecule has 0 radical (unpaired) electrons. The molecule has 1 aliphatic heterocycles. The van der Waals surface area contributed by atoms with Crippen LogP contribution in [0.15, 0.2) is 0 Å². The van der Waals surface area contributed by atoms with Crippen LogP contribution in [-0.2, 0) is 33.6 Å². The molecule has 0 spiro atoms. The zero-order chi connectivity index (χ0) is 28.2. The van der Waals surface area contributed by atoms with Crippen LogP contribution in [-0.4, -0.2) is 68.9 Å². The van der Waals surface area contributed by atoms with Crippen LogP contribution in [0.5, 0.6) is 0 Å². The molecule has 0 unspecified atom stereocenters. The van der Waals surface area contributed by atoms with Crippen molar-refractivity contribution < 1.29 is 43.8 Å². The molecule has 3 amide bonds. The molecule has 2 N–H and O–H groups in total. The predicted octanol–water partition coefficient (Wildman–Crippen LogP) is 4.22. The van der Waals surface area contributed by atoms with Gasteiger partial charge in [-0.25, -0.2) is 4.79 Å². The minimum Gasteiger partial charge on any atom is -0.481 e. The summed E-state index contributed by atoms with van der Waals surface area (Å²) in [6, 6.07) is 0. The Balaban J connectivity index is 2.06. The number of amides is 3. The Kier molecular flexibility index (Phi) is 17.4. The molecule has 1 saturated heterocycles. The van der Waals surface area contributed by atoms with E-state index in [0.29, 0.717) is 11.5 Å². The van der Waals surface area contributed by atoms with Crippen molar-refractivity contribution in [1.82, 2.24) is 9.96 Å². The highest BCUT2D eigenvalue weighted by Gasteiger charge is 2.33. The summed E-state index contributed by atoms with van der Waals surface area (Å²) in [7, 11) is 0. The second kappa shape index (κ2) is 20.0. The first-order valence-electron chi connectivity index (χ1n) is 14.0. The van der Waals surface area contributed by atoms with Crippen molar-refractivity contribution in [2.75, 3.05) is 13.1 Å². The fourth-order valence-corrected chi connectivity index (χ4v) is 4.32. The number of hydrogen-bond acceptors (Lipinski definition) is 7. The molecule has 11 nitrogen and oxygen atoms in total. The Morgan fingerprint density at radius 1 is 0.632 bits per heavy atom. The van der Waals surface area contributed by atoms with Crippen LogP contribution in [0.4, 0.5) is 0 Å². The van der Waals surface area contributed by atoms with Gasteiger partial charge >= 0.3 is 17.9 Å². The van der Waals surface area contributed by atoms with Crippen LogP contribution in [0.1, 0.15) is 122 Å². The minimum atomic E-state index is -1.19. The van der Waals surface area contributed by atoms with Crippen LogP contribution in [0.3, 0.4) is 0 Å². The Labute approximate surface area is 224 Å². The van der Waals surface area contributed by atoms with Gasteiger partial charge in [-0.05, 0) is 12.8 Å². The van der Waals surface area contributed by atoms with Crippen molar-refractivity contribution in [2.45, 2.75) is 122 Å². The number of carbonyl (C=O) groups is 6. The van der Waals surface area contributed by atoms with Gasteiger partial charge in [0.05, 0.1) is 6.42 Å². The number of hydrogen-bond donors (Lipinski definition) is 2. The number of rotatable bonds is 23. The molecule has 1 rings (SSSR count). The zero-order valence-corrected chi connectivity index (χ0v) is 22.5. The van der Waals surface area contributed by atoms with E-state index >= 15 is 0 Å². The lowest BCUT2D eigenvalue weighted by molar-refractivity contribution is -0.197. The molecule has 11 heteroatoms. The summed E-state index contributed by atoms with van der Waals surface area (Å²) >= 11 is 0. The van der Waals surface area contributed by atoms with Gasteiger partial charge in [0.1, 0.15) is 6.54 Å². The number of carbonyl (C=O) groups excluding carboxylic acids is 4. The Hall–Kier alpha value is -2.98. The predicted molar refractivity (Wildman–Crippen MR) is 138 cm³/mol. The molecular weight excluding hydrogens is 496 g/mol. The highest BCUT2D eigenvalue weighted by Crippen LogP contribution is 2.15. The first-order chi connectivity index (χ1) is 18.2. The first kappa shape index (κ1) is 33.0. The Bertz CT molecular complexity index is 769. The van der Waals surface area contributed by atoms with E-state index < -0.39 is 36.3 Å². The van der Waals surface area contributed by atoms with Crippen LogP contribution in [0.2, 0.25) is 0 Å². The maximum atomic E-state index is 12.5. The molecule has 38 heavy (non-hydrogen) atoms. The molecule has 1 fully saturated rings. The maximum Gasteiger partial charge on any atom is 0.334 e. The van der Waals surface area contributed by atoms with Crippen molar-refractivity contribution in [1.29, 1.82) is 0 Å². The quantitative estimate of drug-likeness (QED) is 0.143. The van der Waals surface area contributed by atoms with Crippen molar-refractivity contribution in [3.8, 4) is 0 Å². The molecule has 1 heterocycles. The average molecular weight is 541 g/mol. The van der Waals surface area contributed by atoms with Crippen molar-refractivity contribution in [3.05, 3.63) is 0 Å². The van der Waals surface area contributed by atoms with Gasteiger partial charge in [0, 0.05) is 32.2 Å². The first-order valence-corrected chi connectivity index (χ1v) is 14.0. The van der Waals surface area contributed by atoms with Crippen LogP contribution in [0.25, 0.3) is 0 Å². The van der Waals surface area contributed by atoms with E-state index in [-0.39, 0.29) is 44.6 Å². The molecule has 0 aromatic heterocycles. The van der Waals surface area contributed by atoms with E-state index in [1.54, 1.807) is 0 Å². The van der Waals surface area contributed by atoms with Gasteiger partial charge in [0.25, 0.3) is 11.8 Å². The summed E-state index contributed by atoms with van der Waals surface area (Å²) in [5, 5.41) is 18.1. The number of imide groups is 1. The number of carboxylic acids is 2. The van der Waals surface area contributed by atoms with Crippen molar-refractivity contribution in [2.24, 2.45) is 0 Å². The van der Waals surface area contributed by atoms with E-state index in [1.807, 2.05) is 0 Å². The molecule has 0 bridgehead atoms. The third kappa shape index (κ3) is 16.0. The van der Waals surface area contributed by atoms with E-state index in [0.717, 1.165) is 49.8 Å². The summed E-state index contributed by atoms with van der Waals surface area (Å²) < 4.78 is 0. The molecule has 0 aromatic carbocycles. The second-order valence-electron chi connectivity index (χ2n) is 9.85. The summed E-state index contributed by atoms with van der Waals surface area (Å²) in [5.74, 6) is -4.32. The number of hydroxylamine groups is 2. The fourth-order valence-electron chi connectivity index (χ4n) is 4.32. The van der Waals surface area contributed by atoms with Gasteiger partial charge in [0.2, 0.25) is 5.91 Å². The Morgan fingerprint density at radius 2 is 1.05 bits per heavy atom. The summed E-state index contributed by atoms with van der Waals surface area (Å²) in [4.78, 5) is 74.9. The highest BCUT2D eigenvalue weighted by molar-refractivity contribution is 6.01. The largest absolute Gasteiger partial charge is 0.481 e. The summed E-state index contributed by atoms with van der Waals surface area (Å²) in [6.45, 7) is -0.691. The van der Waals surface area contributed by atoms with E-state index in [9.17, 15) is 28.8 Å². The number of nitrogens with zero attached hydrogens (tertiary/aromatic N) is 2. The molecule has 0 aromatic rings. The summed E-state index contributed by atoms with van der Waals surface area (Å²) in [5.41, 5.74) is 0. The molecule has 0 aliphatic carbocycles. The number of aliphatic carboxylic acids is 2. The normalized spacial score (nSPS) is 13.1. The van der Waals surface area contributed by atoms with Gasteiger partial charge in [-0.3, -0.25) is 24.0 Å². The van der Waals surface area contributed by atoms with Gasteiger partial charge < -0.3 is 20.0 Å². The molecule has 1 aliphatic rings. The summed E-state index contributed by atoms with van der Waals surface area (Å²) in [6.07, 6.45) is 15.0. The lowest BCUT2D eigenvalue weighted by Crippen LogP contribution is -2.38. The van der Waals surface area contributed by atoms with Gasteiger partial charge in [-0.1, -0.05) is 77.0 Å². The van der Waals surface area contributed by atoms with Gasteiger partial charge in [-0.2, -0.15) is 0 Å². The van der Waals surface area contributed by atoms with Gasteiger partial charge in [-0.15, -0.1) is 5.06 Å². The van der Waals surface area contributed by atoms with E-state index in [4.69, 9.17) is 15.1 Å². The SMILES string of the molecule is O=C(O)CCCCCCCCCCCCCCCCC(=O)N(CCC(=O)ON1C(=O)CCC1=O)CC(=O)O. The standard InChI is InChI=1S/C27H44N2O9/c30-22(28(21-26(35)36)20-19-27(37)38-29-23(31)17-18-24(29)32)15-13-11-9-7-5-3-1-2-4-6-8-10-12-14-16-25(33)34/h1-21H2,(H,33,34)(H,35,36). The molecule has 0 saturated carbocycles. The van der Waals surface area contributed by atoms with Crippen LogP contribution in [0, 0.1) is 0 Å². The zero-order valence-electron chi connectivity index (χ0n) is 22.5. The fraction of sp³-hybridized carbons (Fsp3) is 0.778. The average Bonchev–Trinajstić information content (AvgIpc) is 3.17. The third-order valence-corrected chi connectivity index (χ3v) is 6.49. The minimum absolute atomic E-state index is 0.0182. The van der Waals surface area contributed by atoms with E-state index in [2.05, 4.69) is 0 Å². The molecule has 216 valence electrons. The Morgan fingerprint density at radius 3 is 1.47 bits per heavy atom. The topological polar surface area (TPSA) is 159 Å².